The van der Waals surface area contributed by atoms with Crippen molar-refractivity contribution in [3.63, 3.8) is 0 Å². The van der Waals surface area contributed by atoms with Gasteiger partial charge in [0.25, 0.3) is 0 Å². The van der Waals surface area contributed by atoms with Gasteiger partial charge in [0.15, 0.2) is 0 Å². The fourth-order valence-corrected chi connectivity index (χ4v) is 1.82. The van der Waals surface area contributed by atoms with Gasteiger partial charge in [0.1, 0.15) is 0 Å². The number of aliphatic hydroxyl groups is 1. The van der Waals surface area contributed by atoms with E-state index in [9.17, 15) is 0 Å². The summed E-state index contributed by atoms with van der Waals surface area (Å²) in [4.78, 5) is 6.41. The van der Waals surface area contributed by atoms with E-state index in [-0.39, 0.29) is 6.61 Å². The summed E-state index contributed by atoms with van der Waals surface area (Å²) in [5, 5.41) is 8.63. The van der Waals surface area contributed by atoms with E-state index in [1.165, 1.54) is 5.69 Å². The van der Waals surface area contributed by atoms with Crippen LogP contribution in [0.25, 0.3) is 0 Å². The number of nitrogens with zero attached hydrogens (tertiary/aromatic N) is 2. The van der Waals surface area contributed by atoms with E-state index in [1.807, 2.05) is 12.1 Å². The van der Waals surface area contributed by atoms with Crippen LogP contribution in [-0.2, 0) is 4.74 Å². The topological polar surface area (TPSA) is 45.1 Å². The Hall–Kier alpha value is -1.39. The molecule has 4 nitrogen and oxygen atoms in total. The fourth-order valence-electron chi connectivity index (χ4n) is 1.82. The largest absolute Gasteiger partial charge is 0.394 e. The molecule has 17 heavy (non-hydrogen) atoms. The molecule has 1 saturated heterocycles. The Morgan fingerprint density at radius 1 is 1.24 bits per heavy atom. The first-order chi connectivity index (χ1) is 8.40. The second kappa shape index (κ2) is 6.37. The molecule has 0 bridgehead atoms. The molecule has 1 heterocycles. The minimum atomic E-state index is 0.0996. The van der Waals surface area contributed by atoms with Crippen LogP contribution in [-0.4, -0.2) is 50.8 Å². The number of morpholine rings is 1. The average Bonchev–Trinajstić information content (AvgIpc) is 2.41. The normalized spacial score (nSPS) is 16.6. The molecule has 0 aromatic heterocycles. The van der Waals surface area contributed by atoms with Crippen LogP contribution in [0.4, 0.5) is 5.69 Å². The van der Waals surface area contributed by atoms with Crippen LogP contribution < -0.4 is 4.90 Å². The number of aliphatic hydroxyl groups excluding tert-OH is 1. The maximum Gasteiger partial charge on any atom is 0.0642 e. The molecule has 0 spiro atoms. The zero-order chi connectivity index (χ0) is 11.9. The zero-order valence-electron chi connectivity index (χ0n) is 9.88. The highest BCUT2D eigenvalue weighted by Crippen LogP contribution is 2.15. The summed E-state index contributed by atoms with van der Waals surface area (Å²) >= 11 is 0. The molecule has 1 aliphatic rings. The molecule has 92 valence electrons. The van der Waals surface area contributed by atoms with Gasteiger partial charge in [-0.3, -0.25) is 4.99 Å². The van der Waals surface area contributed by atoms with Gasteiger partial charge in [-0.25, -0.2) is 0 Å². The number of rotatable bonds is 4. The molecule has 0 unspecified atom stereocenters. The SMILES string of the molecule is OCCN=Cc1ccc(N2CCOCC2)cc1. The van der Waals surface area contributed by atoms with Gasteiger partial charge >= 0.3 is 0 Å². The number of ether oxygens (including phenoxy) is 1. The summed E-state index contributed by atoms with van der Waals surface area (Å²) in [6, 6.07) is 8.30. The molecular weight excluding hydrogens is 216 g/mol. The maximum atomic E-state index is 8.63. The minimum Gasteiger partial charge on any atom is -0.394 e. The Morgan fingerprint density at radius 2 is 1.94 bits per heavy atom. The number of hydrogen-bond donors (Lipinski definition) is 1. The van der Waals surface area contributed by atoms with Crippen molar-refractivity contribution in [2.24, 2.45) is 4.99 Å². The van der Waals surface area contributed by atoms with Crippen molar-refractivity contribution in [1.29, 1.82) is 0 Å². The predicted octanol–water partition coefficient (Wildman–Crippen LogP) is 0.934. The van der Waals surface area contributed by atoms with E-state index in [4.69, 9.17) is 9.84 Å². The molecule has 2 rings (SSSR count). The van der Waals surface area contributed by atoms with E-state index in [1.54, 1.807) is 6.21 Å². The van der Waals surface area contributed by atoms with Crippen molar-refractivity contribution in [2.45, 2.75) is 0 Å². The van der Waals surface area contributed by atoms with Crippen LogP contribution in [0.1, 0.15) is 5.56 Å². The van der Waals surface area contributed by atoms with Crippen molar-refractivity contribution >= 4 is 11.9 Å². The summed E-state index contributed by atoms with van der Waals surface area (Å²) in [6.07, 6.45) is 1.79. The smallest absolute Gasteiger partial charge is 0.0642 e. The second-order valence-corrected chi connectivity index (χ2v) is 3.95. The first-order valence-electron chi connectivity index (χ1n) is 5.93. The van der Waals surface area contributed by atoms with Crippen LogP contribution in [0, 0.1) is 0 Å². The summed E-state index contributed by atoms with van der Waals surface area (Å²) in [5.74, 6) is 0. The molecule has 1 aliphatic heterocycles. The van der Waals surface area contributed by atoms with Gasteiger partial charge in [0.05, 0.1) is 26.4 Å². The molecular formula is C13H18N2O2. The van der Waals surface area contributed by atoms with E-state index in [0.29, 0.717) is 6.54 Å². The van der Waals surface area contributed by atoms with Gasteiger partial charge in [0.2, 0.25) is 0 Å². The lowest BCUT2D eigenvalue weighted by Crippen LogP contribution is -2.36. The lowest BCUT2D eigenvalue weighted by Gasteiger charge is -2.28. The zero-order valence-corrected chi connectivity index (χ0v) is 9.88. The van der Waals surface area contributed by atoms with Crippen LogP contribution in [0.3, 0.4) is 0 Å². The lowest BCUT2D eigenvalue weighted by molar-refractivity contribution is 0.122. The van der Waals surface area contributed by atoms with Gasteiger partial charge in [-0.2, -0.15) is 0 Å². The van der Waals surface area contributed by atoms with Crippen molar-refractivity contribution < 1.29 is 9.84 Å². The summed E-state index contributed by atoms with van der Waals surface area (Å²) in [5.41, 5.74) is 2.29. The number of aliphatic imine (C=N–C) groups is 1. The molecule has 1 aromatic rings. The van der Waals surface area contributed by atoms with Crippen LogP contribution in [0.5, 0.6) is 0 Å². The van der Waals surface area contributed by atoms with Crippen molar-refractivity contribution in [2.75, 3.05) is 44.4 Å². The Morgan fingerprint density at radius 3 is 2.59 bits per heavy atom. The van der Waals surface area contributed by atoms with E-state index < -0.39 is 0 Å². The summed E-state index contributed by atoms with van der Waals surface area (Å²) in [6.45, 7) is 4.09. The highest BCUT2D eigenvalue weighted by Gasteiger charge is 2.10. The Balaban J connectivity index is 1.97. The third kappa shape index (κ3) is 3.54. The molecule has 0 atom stereocenters. The molecule has 0 aliphatic carbocycles. The van der Waals surface area contributed by atoms with Gasteiger partial charge < -0.3 is 14.7 Å². The Labute approximate surface area is 102 Å². The molecule has 0 radical (unpaired) electrons. The second-order valence-electron chi connectivity index (χ2n) is 3.95. The Bertz CT molecular complexity index is 356. The molecule has 1 aromatic carbocycles. The maximum absolute atomic E-state index is 8.63. The molecule has 1 N–H and O–H groups in total. The minimum absolute atomic E-state index is 0.0996. The standard InChI is InChI=1S/C13H18N2O2/c16-8-5-14-11-12-1-3-13(4-2-12)15-6-9-17-10-7-15/h1-4,11,16H,5-10H2. The van der Waals surface area contributed by atoms with Gasteiger partial charge in [0, 0.05) is 25.0 Å². The fraction of sp³-hybridized carbons (Fsp3) is 0.462. The third-order valence-electron chi connectivity index (χ3n) is 2.74. The monoisotopic (exact) mass is 234 g/mol. The first-order valence-corrected chi connectivity index (χ1v) is 5.93. The van der Waals surface area contributed by atoms with E-state index >= 15 is 0 Å². The Kier molecular flexibility index (Phi) is 4.53. The van der Waals surface area contributed by atoms with Crippen molar-refractivity contribution in [3.05, 3.63) is 29.8 Å². The van der Waals surface area contributed by atoms with Gasteiger partial charge in [-0.05, 0) is 17.7 Å². The first kappa shape index (κ1) is 12.1. The van der Waals surface area contributed by atoms with Crippen LogP contribution in [0.15, 0.2) is 29.3 Å². The molecule has 4 heteroatoms. The summed E-state index contributed by atoms with van der Waals surface area (Å²) in [7, 11) is 0. The highest BCUT2D eigenvalue weighted by molar-refractivity contribution is 5.80. The van der Waals surface area contributed by atoms with Crippen LogP contribution >= 0.6 is 0 Å². The molecule has 0 saturated carbocycles. The van der Waals surface area contributed by atoms with E-state index in [2.05, 4.69) is 22.0 Å². The molecule has 1 fully saturated rings. The number of hydrogen-bond acceptors (Lipinski definition) is 4. The van der Waals surface area contributed by atoms with Crippen molar-refractivity contribution in [3.8, 4) is 0 Å². The number of anilines is 1. The molecule has 0 amide bonds. The average molecular weight is 234 g/mol. The van der Waals surface area contributed by atoms with Gasteiger partial charge in [-0.15, -0.1) is 0 Å². The quantitative estimate of drug-likeness (QED) is 0.788. The summed E-state index contributed by atoms with van der Waals surface area (Å²) < 4.78 is 5.32. The van der Waals surface area contributed by atoms with Crippen molar-refractivity contribution in [1.82, 2.24) is 0 Å². The van der Waals surface area contributed by atoms with E-state index in [0.717, 1.165) is 31.9 Å². The number of benzene rings is 1. The predicted molar refractivity (Wildman–Crippen MR) is 69.0 cm³/mol. The van der Waals surface area contributed by atoms with Crippen LogP contribution in [0.2, 0.25) is 0 Å². The highest BCUT2D eigenvalue weighted by atomic mass is 16.5. The van der Waals surface area contributed by atoms with Gasteiger partial charge in [-0.1, -0.05) is 12.1 Å². The lowest BCUT2D eigenvalue weighted by atomic mass is 10.2. The third-order valence-corrected chi connectivity index (χ3v) is 2.74.